The fraction of sp³-hybridized carbons (Fsp3) is 0.594. The van der Waals surface area contributed by atoms with E-state index >= 15 is 0 Å². The minimum Gasteiger partial charge on any atom is -0.483 e. The topological polar surface area (TPSA) is 132 Å². The van der Waals surface area contributed by atoms with E-state index in [0.29, 0.717) is 49.7 Å². The minimum atomic E-state index is -0.821. The molecule has 2 aliphatic heterocycles. The second kappa shape index (κ2) is 13.6. The van der Waals surface area contributed by atoms with Crippen molar-refractivity contribution >= 4 is 17.7 Å². The third-order valence-electron chi connectivity index (χ3n) is 7.95. The molecule has 2 saturated heterocycles. The Bertz CT molecular complexity index is 1350. The van der Waals surface area contributed by atoms with Crippen molar-refractivity contribution in [1.82, 2.24) is 25.0 Å². The summed E-state index contributed by atoms with van der Waals surface area (Å²) in [6.07, 6.45) is 3.42. The van der Waals surface area contributed by atoms with E-state index in [4.69, 9.17) is 9.15 Å². The number of hydrogen-bond acceptors (Lipinski definition) is 8. The second-order valence-electron chi connectivity index (χ2n) is 13.0. The van der Waals surface area contributed by atoms with Crippen molar-refractivity contribution in [3.63, 3.8) is 0 Å². The Hall–Kier alpha value is -3.91. The summed E-state index contributed by atoms with van der Waals surface area (Å²) in [5.41, 5.74) is 0.291. The summed E-state index contributed by atoms with van der Waals surface area (Å²) in [4.78, 5) is 51.0. The third-order valence-corrected chi connectivity index (χ3v) is 7.95. The molecule has 232 valence electrons. The number of amides is 3. The molecular weight excluding hydrogens is 548 g/mol. The SMILES string of the molecule is CC(C)C[C@@H](NC(=O)c1ccc(C#N)cc1OCc1ncc(C(C)(C)C)o1)C(=O)N1CCC[C@@H]1C(=O)N1CCN(C)CC1. The fourth-order valence-electron chi connectivity index (χ4n) is 5.42. The van der Waals surface area contributed by atoms with E-state index < -0.39 is 18.0 Å². The zero-order chi connectivity index (χ0) is 31.3. The number of benzene rings is 1. The molecule has 1 N–H and O–H groups in total. The van der Waals surface area contributed by atoms with Gasteiger partial charge in [0.25, 0.3) is 5.91 Å². The molecule has 4 rings (SSSR count). The van der Waals surface area contributed by atoms with Gasteiger partial charge in [0.05, 0.1) is 23.4 Å². The number of nitrogens with zero attached hydrogens (tertiary/aromatic N) is 5. The molecule has 0 saturated carbocycles. The average molecular weight is 593 g/mol. The van der Waals surface area contributed by atoms with E-state index in [2.05, 4.69) is 21.3 Å². The van der Waals surface area contributed by atoms with E-state index in [1.807, 2.05) is 46.6 Å². The summed E-state index contributed by atoms with van der Waals surface area (Å²) in [5, 5.41) is 12.4. The molecule has 0 radical (unpaired) electrons. The van der Waals surface area contributed by atoms with Gasteiger partial charge in [0, 0.05) is 38.1 Å². The first-order valence-corrected chi connectivity index (χ1v) is 15.1. The molecule has 2 aromatic rings. The molecule has 2 fully saturated rings. The van der Waals surface area contributed by atoms with Crippen molar-refractivity contribution in [2.45, 2.75) is 78.0 Å². The summed E-state index contributed by atoms with van der Waals surface area (Å²) in [5.74, 6) is 0.583. The summed E-state index contributed by atoms with van der Waals surface area (Å²) in [6, 6.07) is 5.28. The van der Waals surface area contributed by atoms with Crippen LogP contribution >= 0.6 is 0 Å². The van der Waals surface area contributed by atoms with Gasteiger partial charge in [-0.25, -0.2) is 4.98 Å². The normalized spacial score (nSPS) is 18.4. The Balaban J connectivity index is 1.50. The van der Waals surface area contributed by atoms with Crippen molar-refractivity contribution in [3.8, 4) is 11.8 Å². The van der Waals surface area contributed by atoms with Crippen molar-refractivity contribution in [2.24, 2.45) is 5.92 Å². The standard InChI is InChI=1S/C32H44N6O5/c1-21(2)16-24(30(40)38-11-7-8-25(38)31(41)37-14-12-36(6)13-15-37)35-29(39)23-10-9-22(18-33)17-26(23)42-20-28-34-19-27(43-28)32(3,4)5/h9-10,17,19,21,24-25H,7-8,11-16,20H2,1-6H3,(H,35,39)/t24-,25-/m1/s1. The van der Waals surface area contributed by atoms with Crippen LogP contribution in [0.3, 0.4) is 0 Å². The average Bonchev–Trinajstić information content (AvgIpc) is 3.65. The number of nitrogens with one attached hydrogen (secondary N) is 1. The van der Waals surface area contributed by atoms with E-state index in [-0.39, 0.29) is 41.1 Å². The first-order chi connectivity index (χ1) is 20.4. The van der Waals surface area contributed by atoms with Crippen LogP contribution in [0.5, 0.6) is 5.75 Å². The molecule has 11 heteroatoms. The van der Waals surface area contributed by atoms with Crippen LogP contribution in [-0.4, -0.2) is 89.3 Å². The quantitative estimate of drug-likeness (QED) is 0.469. The molecule has 3 amide bonds. The molecule has 1 aromatic carbocycles. The summed E-state index contributed by atoms with van der Waals surface area (Å²) in [7, 11) is 2.04. The lowest BCUT2D eigenvalue weighted by Crippen LogP contribution is -2.56. The van der Waals surface area contributed by atoms with Gasteiger partial charge in [-0.15, -0.1) is 0 Å². The van der Waals surface area contributed by atoms with Crippen molar-refractivity contribution in [3.05, 3.63) is 47.2 Å². The molecule has 11 nitrogen and oxygen atoms in total. The second-order valence-corrected chi connectivity index (χ2v) is 13.0. The van der Waals surface area contributed by atoms with Gasteiger partial charge in [0.1, 0.15) is 23.6 Å². The Morgan fingerprint density at radius 1 is 1.16 bits per heavy atom. The lowest BCUT2D eigenvalue weighted by atomic mass is 9.94. The van der Waals surface area contributed by atoms with Crippen LogP contribution in [0.1, 0.15) is 81.5 Å². The van der Waals surface area contributed by atoms with Gasteiger partial charge < -0.3 is 29.2 Å². The summed E-state index contributed by atoms with van der Waals surface area (Å²) < 4.78 is 11.8. The molecule has 2 atom stereocenters. The Labute approximate surface area is 254 Å². The summed E-state index contributed by atoms with van der Waals surface area (Å²) in [6.45, 7) is 13.4. The highest BCUT2D eigenvalue weighted by Gasteiger charge is 2.40. The predicted octanol–water partition coefficient (Wildman–Crippen LogP) is 3.33. The number of piperazine rings is 1. The number of likely N-dealkylation sites (N-methyl/N-ethyl adjacent to an activating group) is 1. The van der Waals surface area contributed by atoms with E-state index in [9.17, 15) is 19.6 Å². The molecule has 0 spiro atoms. The van der Waals surface area contributed by atoms with Crippen LogP contribution in [0, 0.1) is 17.2 Å². The van der Waals surface area contributed by atoms with Crippen molar-refractivity contribution in [1.29, 1.82) is 5.26 Å². The van der Waals surface area contributed by atoms with Crippen LogP contribution < -0.4 is 10.1 Å². The molecule has 3 heterocycles. The smallest absolute Gasteiger partial charge is 0.255 e. The van der Waals surface area contributed by atoms with Crippen LogP contribution in [0.2, 0.25) is 0 Å². The van der Waals surface area contributed by atoms with Crippen LogP contribution in [0.15, 0.2) is 28.8 Å². The molecule has 1 aromatic heterocycles. The van der Waals surface area contributed by atoms with Gasteiger partial charge in [-0.1, -0.05) is 34.6 Å². The van der Waals surface area contributed by atoms with Crippen molar-refractivity contribution < 1.29 is 23.5 Å². The fourth-order valence-corrected chi connectivity index (χ4v) is 5.42. The maximum atomic E-state index is 13.9. The third kappa shape index (κ3) is 7.93. The number of carbonyl (C=O) groups excluding carboxylic acids is 3. The monoisotopic (exact) mass is 592 g/mol. The van der Waals surface area contributed by atoms with E-state index in [1.54, 1.807) is 11.1 Å². The van der Waals surface area contributed by atoms with Gasteiger partial charge in [-0.05, 0) is 50.4 Å². The predicted molar refractivity (Wildman–Crippen MR) is 160 cm³/mol. The van der Waals surface area contributed by atoms with Gasteiger partial charge in [0.2, 0.25) is 17.7 Å². The number of nitriles is 1. The van der Waals surface area contributed by atoms with Crippen LogP contribution in [0.4, 0.5) is 0 Å². The van der Waals surface area contributed by atoms with Gasteiger partial charge in [-0.2, -0.15) is 5.26 Å². The molecule has 43 heavy (non-hydrogen) atoms. The number of likely N-dealkylation sites (tertiary alicyclic amines) is 1. The molecular formula is C32H44N6O5. The number of carbonyl (C=O) groups is 3. The van der Waals surface area contributed by atoms with Gasteiger partial charge in [0.15, 0.2) is 6.61 Å². The number of rotatable bonds is 9. The molecule has 2 aliphatic rings. The Morgan fingerprint density at radius 2 is 1.88 bits per heavy atom. The molecule has 0 aliphatic carbocycles. The zero-order valence-corrected chi connectivity index (χ0v) is 26.2. The first-order valence-electron chi connectivity index (χ1n) is 15.1. The first kappa shape index (κ1) is 32.0. The molecule has 0 bridgehead atoms. The maximum absolute atomic E-state index is 13.9. The largest absolute Gasteiger partial charge is 0.483 e. The van der Waals surface area contributed by atoms with Crippen LogP contribution in [-0.2, 0) is 21.6 Å². The van der Waals surface area contributed by atoms with E-state index in [1.165, 1.54) is 18.2 Å². The van der Waals surface area contributed by atoms with Gasteiger partial charge >= 0.3 is 0 Å². The number of aromatic nitrogens is 1. The Morgan fingerprint density at radius 3 is 2.51 bits per heavy atom. The van der Waals surface area contributed by atoms with Gasteiger partial charge in [-0.3, -0.25) is 14.4 Å². The number of hydrogen-bond donors (Lipinski definition) is 1. The molecule has 0 unspecified atom stereocenters. The van der Waals surface area contributed by atoms with Crippen molar-refractivity contribution in [2.75, 3.05) is 39.8 Å². The number of oxazole rings is 1. The van der Waals surface area contributed by atoms with Crippen LogP contribution in [0.25, 0.3) is 0 Å². The Kier molecular flexibility index (Phi) is 10.1. The highest BCUT2D eigenvalue weighted by molar-refractivity contribution is 6.00. The van der Waals surface area contributed by atoms with E-state index in [0.717, 1.165) is 19.5 Å². The zero-order valence-electron chi connectivity index (χ0n) is 26.2. The lowest BCUT2D eigenvalue weighted by molar-refractivity contribution is -0.145. The lowest BCUT2D eigenvalue weighted by Gasteiger charge is -2.36. The summed E-state index contributed by atoms with van der Waals surface area (Å²) >= 11 is 0. The highest BCUT2D eigenvalue weighted by atomic mass is 16.5. The maximum Gasteiger partial charge on any atom is 0.255 e. The minimum absolute atomic E-state index is 0.0162. The number of ether oxygens (including phenoxy) is 1. The highest BCUT2D eigenvalue weighted by Crippen LogP contribution is 2.26.